The molecule has 1 saturated carbocycles. The molecule has 0 amide bonds. The second kappa shape index (κ2) is 5.15. The van der Waals surface area contributed by atoms with Gasteiger partial charge in [-0.1, -0.05) is 6.92 Å². The number of carbonyl (C=O) groups excluding carboxylic acids is 1. The van der Waals surface area contributed by atoms with Crippen LogP contribution in [-0.2, 0) is 0 Å². The van der Waals surface area contributed by atoms with E-state index >= 15 is 0 Å². The molecule has 2 heteroatoms. The molecule has 1 N–H and O–H groups in total. The van der Waals surface area contributed by atoms with Crippen molar-refractivity contribution in [1.29, 1.82) is 0 Å². The molecule has 1 aliphatic rings. The van der Waals surface area contributed by atoms with Gasteiger partial charge in [0.25, 0.3) is 0 Å². The summed E-state index contributed by atoms with van der Waals surface area (Å²) in [5.41, 5.74) is 1.87. The van der Waals surface area contributed by atoms with E-state index in [0.29, 0.717) is 6.04 Å². The number of nitrogens with one attached hydrogen (secondary N) is 1. The van der Waals surface area contributed by atoms with Crippen molar-refractivity contribution in [2.24, 2.45) is 5.92 Å². The molecule has 0 atom stereocenters. The summed E-state index contributed by atoms with van der Waals surface area (Å²) in [5.74, 6) is 0.885. The lowest BCUT2D eigenvalue weighted by Gasteiger charge is -2.27. The highest BCUT2D eigenvalue weighted by Gasteiger charge is 2.17. The summed E-state index contributed by atoms with van der Waals surface area (Å²) in [6, 6.07) is 8.31. The number of aldehydes is 1. The average molecular weight is 217 g/mol. The highest BCUT2D eigenvalue weighted by Crippen LogP contribution is 2.25. The lowest BCUT2D eigenvalue weighted by Crippen LogP contribution is -2.25. The van der Waals surface area contributed by atoms with E-state index in [1.54, 1.807) is 0 Å². The van der Waals surface area contributed by atoms with Gasteiger partial charge in [0.05, 0.1) is 0 Å². The molecule has 0 radical (unpaired) electrons. The van der Waals surface area contributed by atoms with Crippen LogP contribution in [0.5, 0.6) is 0 Å². The summed E-state index contributed by atoms with van der Waals surface area (Å²) in [6.07, 6.45) is 6.05. The quantitative estimate of drug-likeness (QED) is 0.785. The van der Waals surface area contributed by atoms with Crippen LogP contribution in [0.2, 0.25) is 0 Å². The third kappa shape index (κ3) is 2.84. The molecule has 1 aliphatic carbocycles. The number of hydrogen-bond donors (Lipinski definition) is 1. The Morgan fingerprint density at radius 1 is 1.12 bits per heavy atom. The first-order valence-corrected chi connectivity index (χ1v) is 6.09. The van der Waals surface area contributed by atoms with E-state index in [0.717, 1.165) is 23.5 Å². The van der Waals surface area contributed by atoms with Crippen molar-refractivity contribution < 1.29 is 4.79 Å². The van der Waals surface area contributed by atoms with E-state index in [2.05, 4.69) is 12.2 Å². The smallest absolute Gasteiger partial charge is 0.150 e. The van der Waals surface area contributed by atoms with Crippen LogP contribution < -0.4 is 5.32 Å². The Bertz CT molecular complexity index is 336. The summed E-state index contributed by atoms with van der Waals surface area (Å²) in [4.78, 5) is 10.5. The van der Waals surface area contributed by atoms with Gasteiger partial charge >= 0.3 is 0 Å². The van der Waals surface area contributed by atoms with Gasteiger partial charge in [-0.15, -0.1) is 0 Å². The molecule has 86 valence electrons. The van der Waals surface area contributed by atoms with Gasteiger partial charge in [0.1, 0.15) is 6.29 Å². The molecule has 1 fully saturated rings. The van der Waals surface area contributed by atoms with Crippen LogP contribution in [0, 0.1) is 5.92 Å². The Balaban J connectivity index is 1.91. The Kier molecular flexibility index (Phi) is 3.60. The normalized spacial score (nSPS) is 25.1. The molecule has 2 nitrogen and oxygen atoms in total. The summed E-state index contributed by atoms with van der Waals surface area (Å²) in [7, 11) is 0. The van der Waals surface area contributed by atoms with Crippen LogP contribution in [0.1, 0.15) is 43.0 Å². The second-order valence-electron chi connectivity index (χ2n) is 4.84. The van der Waals surface area contributed by atoms with Crippen LogP contribution >= 0.6 is 0 Å². The lowest BCUT2D eigenvalue weighted by atomic mass is 9.87. The van der Waals surface area contributed by atoms with Crippen LogP contribution in [0.4, 0.5) is 5.69 Å². The van der Waals surface area contributed by atoms with Crippen LogP contribution in [0.3, 0.4) is 0 Å². The fraction of sp³-hybridized carbons (Fsp3) is 0.500. The van der Waals surface area contributed by atoms with Gasteiger partial charge in [0.2, 0.25) is 0 Å². The zero-order valence-corrected chi connectivity index (χ0v) is 9.78. The van der Waals surface area contributed by atoms with Crippen LogP contribution in [0.25, 0.3) is 0 Å². The molecule has 0 saturated heterocycles. The summed E-state index contributed by atoms with van der Waals surface area (Å²) in [5, 5.41) is 3.54. The van der Waals surface area contributed by atoms with Gasteiger partial charge in [-0.3, -0.25) is 4.79 Å². The molecule has 0 bridgehead atoms. The van der Waals surface area contributed by atoms with Crippen molar-refractivity contribution in [2.75, 3.05) is 5.32 Å². The molecular weight excluding hydrogens is 198 g/mol. The number of benzene rings is 1. The number of carbonyl (C=O) groups is 1. The summed E-state index contributed by atoms with van der Waals surface area (Å²) >= 11 is 0. The summed E-state index contributed by atoms with van der Waals surface area (Å²) < 4.78 is 0. The van der Waals surface area contributed by atoms with Gasteiger partial charge < -0.3 is 5.32 Å². The fourth-order valence-electron chi connectivity index (χ4n) is 2.30. The van der Waals surface area contributed by atoms with Crippen molar-refractivity contribution in [1.82, 2.24) is 0 Å². The van der Waals surface area contributed by atoms with E-state index in [1.807, 2.05) is 24.3 Å². The van der Waals surface area contributed by atoms with E-state index in [-0.39, 0.29) is 0 Å². The molecule has 1 aromatic rings. The third-order valence-electron chi connectivity index (χ3n) is 3.43. The van der Waals surface area contributed by atoms with E-state index < -0.39 is 0 Å². The van der Waals surface area contributed by atoms with Crippen LogP contribution in [0.15, 0.2) is 24.3 Å². The predicted octanol–water partition coefficient (Wildman–Crippen LogP) is 3.49. The Morgan fingerprint density at radius 2 is 1.75 bits per heavy atom. The van der Waals surface area contributed by atoms with E-state index in [9.17, 15) is 4.79 Å². The fourth-order valence-corrected chi connectivity index (χ4v) is 2.30. The molecule has 0 heterocycles. The topological polar surface area (TPSA) is 29.1 Å². The SMILES string of the molecule is CC1CCC(Nc2ccc(C=O)cc2)CC1. The monoisotopic (exact) mass is 217 g/mol. The first kappa shape index (κ1) is 11.2. The number of anilines is 1. The maximum absolute atomic E-state index is 10.5. The lowest BCUT2D eigenvalue weighted by molar-refractivity contribution is 0.112. The van der Waals surface area contributed by atoms with Gasteiger partial charge in [-0.05, 0) is 55.9 Å². The molecule has 0 spiro atoms. The highest BCUT2D eigenvalue weighted by molar-refractivity contribution is 5.75. The van der Waals surface area contributed by atoms with Gasteiger partial charge in [0, 0.05) is 17.3 Å². The van der Waals surface area contributed by atoms with E-state index in [4.69, 9.17) is 0 Å². The maximum atomic E-state index is 10.5. The Morgan fingerprint density at radius 3 is 2.31 bits per heavy atom. The zero-order chi connectivity index (χ0) is 11.4. The van der Waals surface area contributed by atoms with Gasteiger partial charge in [-0.2, -0.15) is 0 Å². The molecule has 1 aromatic carbocycles. The molecular formula is C14H19NO. The minimum atomic E-state index is 0.610. The second-order valence-corrected chi connectivity index (χ2v) is 4.84. The minimum absolute atomic E-state index is 0.610. The molecule has 16 heavy (non-hydrogen) atoms. The number of rotatable bonds is 3. The Hall–Kier alpha value is -1.31. The molecule has 0 unspecified atom stereocenters. The molecule has 0 aliphatic heterocycles. The third-order valence-corrected chi connectivity index (χ3v) is 3.43. The minimum Gasteiger partial charge on any atom is -0.382 e. The summed E-state index contributed by atoms with van der Waals surface area (Å²) in [6.45, 7) is 2.33. The van der Waals surface area contributed by atoms with Crippen LogP contribution in [-0.4, -0.2) is 12.3 Å². The first-order chi connectivity index (χ1) is 7.78. The number of hydrogen-bond acceptors (Lipinski definition) is 2. The van der Waals surface area contributed by atoms with Gasteiger partial charge in [-0.25, -0.2) is 0 Å². The average Bonchev–Trinajstić information content (AvgIpc) is 2.33. The Labute approximate surface area is 97.1 Å². The standard InChI is InChI=1S/C14H19NO/c1-11-2-6-13(7-3-11)15-14-8-4-12(10-16)5-9-14/h4-5,8-11,13,15H,2-3,6-7H2,1H3. The predicted molar refractivity (Wildman–Crippen MR) is 66.9 cm³/mol. The highest BCUT2D eigenvalue weighted by atomic mass is 16.1. The van der Waals surface area contributed by atoms with E-state index in [1.165, 1.54) is 25.7 Å². The largest absolute Gasteiger partial charge is 0.382 e. The van der Waals surface area contributed by atoms with Gasteiger partial charge in [0.15, 0.2) is 0 Å². The van der Waals surface area contributed by atoms with Crippen molar-refractivity contribution in [3.8, 4) is 0 Å². The molecule has 0 aromatic heterocycles. The van der Waals surface area contributed by atoms with Crippen molar-refractivity contribution in [3.63, 3.8) is 0 Å². The first-order valence-electron chi connectivity index (χ1n) is 6.09. The maximum Gasteiger partial charge on any atom is 0.150 e. The molecule has 2 rings (SSSR count). The van der Waals surface area contributed by atoms with Crippen molar-refractivity contribution in [3.05, 3.63) is 29.8 Å². The zero-order valence-electron chi connectivity index (χ0n) is 9.78. The van der Waals surface area contributed by atoms with Crippen molar-refractivity contribution >= 4 is 12.0 Å². The van der Waals surface area contributed by atoms with Crippen molar-refractivity contribution in [2.45, 2.75) is 38.6 Å².